The van der Waals surface area contributed by atoms with Gasteiger partial charge in [-0.15, -0.1) is 0 Å². The van der Waals surface area contributed by atoms with Gasteiger partial charge in [0.05, 0.1) is 6.54 Å². The molecule has 0 radical (unpaired) electrons. The summed E-state index contributed by atoms with van der Waals surface area (Å²) < 4.78 is 2.61. The van der Waals surface area contributed by atoms with Crippen molar-refractivity contribution in [3.05, 3.63) is 55.5 Å². The molecule has 2 rings (SSSR count). The molecule has 0 spiro atoms. The highest BCUT2D eigenvalue weighted by Crippen LogP contribution is 2.09. The molecule has 0 atom stereocenters. The third-order valence-electron chi connectivity index (χ3n) is 1.88. The van der Waals surface area contributed by atoms with Crippen LogP contribution in [0.2, 0.25) is 0 Å². The molecular weight excluding hydrogens is 262 g/mol. The van der Waals surface area contributed by atoms with Crippen LogP contribution >= 0.6 is 27.3 Å². The minimum Gasteiger partial charge on any atom is -0.310 e. The Morgan fingerprint density at radius 2 is 2.21 bits per heavy atom. The molecular formula is C10H8BrNOS. The molecule has 0 aliphatic rings. The van der Waals surface area contributed by atoms with Crippen LogP contribution in [0.3, 0.4) is 0 Å². The Hall–Kier alpha value is -0.870. The van der Waals surface area contributed by atoms with Gasteiger partial charge in [-0.1, -0.05) is 0 Å². The number of pyridine rings is 1. The molecule has 0 aliphatic heterocycles. The van der Waals surface area contributed by atoms with E-state index < -0.39 is 0 Å². The largest absolute Gasteiger partial charge is 0.310 e. The molecule has 0 amide bonds. The van der Waals surface area contributed by atoms with Crippen LogP contribution in [0.4, 0.5) is 0 Å². The van der Waals surface area contributed by atoms with Crippen molar-refractivity contribution in [1.29, 1.82) is 0 Å². The molecule has 0 bridgehead atoms. The summed E-state index contributed by atoms with van der Waals surface area (Å²) in [7, 11) is 0. The molecule has 72 valence electrons. The van der Waals surface area contributed by atoms with Gasteiger partial charge in [0.2, 0.25) is 0 Å². The summed E-state index contributed by atoms with van der Waals surface area (Å²) in [6, 6.07) is 5.35. The van der Waals surface area contributed by atoms with E-state index in [1.165, 1.54) is 0 Å². The Bertz CT molecular complexity index is 475. The van der Waals surface area contributed by atoms with Crippen LogP contribution in [-0.2, 0) is 6.54 Å². The van der Waals surface area contributed by atoms with Crippen molar-refractivity contribution in [3.8, 4) is 0 Å². The Labute approximate surface area is 94.0 Å². The van der Waals surface area contributed by atoms with E-state index >= 15 is 0 Å². The van der Waals surface area contributed by atoms with Crippen LogP contribution in [0, 0.1) is 0 Å². The lowest BCUT2D eigenvalue weighted by atomic mass is 10.3. The molecule has 0 aromatic carbocycles. The van der Waals surface area contributed by atoms with Gasteiger partial charge in [-0.25, -0.2) is 0 Å². The zero-order valence-corrected chi connectivity index (χ0v) is 9.72. The van der Waals surface area contributed by atoms with E-state index in [4.69, 9.17) is 0 Å². The molecule has 0 aliphatic carbocycles. The lowest BCUT2D eigenvalue weighted by Crippen LogP contribution is -2.18. The summed E-state index contributed by atoms with van der Waals surface area (Å²) in [6.07, 6.45) is 1.81. The van der Waals surface area contributed by atoms with Crippen molar-refractivity contribution in [3.63, 3.8) is 0 Å². The summed E-state index contributed by atoms with van der Waals surface area (Å²) in [5, 5.41) is 4.06. The van der Waals surface area contributed by atoms with E-state index in [2.05, 4.69) is 15.9 Å². The molecule has 0 fully saturated rings. The number of aromatic nitrogens is 1. The van der Waals surface area contributed by atoms with Crippen molar-refractivity contribution in [2.45, 2.75) is 6.54 Å². The molecule has 0 saturated heterocycles. The van der Waals surface area contributed by atoms with Crippen LogP contribution in [0.15, 0.2) is 44.4 Å². The fourth-order valence-corrected chi connectivity index (χ4v) is 2.24. The number of halogens is 1. The normalized spacial score (nSPS) is 10.4. The van der Waals surface area contributed by atoms with Crippen molar-refractivity contribution < 1.29 is 0 Å². The van der Waals surface area contributed by atoms with E-state index in [1.807, 2.05) is 16.8 Å². The average molecular weight is 270 g/mol. The Kier molecular flexibility index (Phi) is 2.84. The van der Waals surface area contributed by atoms with Crippen LogP contribution in [0.1, 0.15) is 5.56 Å². The minimum absolute atomic E-state index is 0.0272. The number of thiophene rings is 1. The predicted molar refractivity (Wildman–Crippen MR) is 61.8 cm³/mol. The number of hydrogen-bond donors (Lipinski definition) is 0. The monoisotopic (exact) mass is 269 g/mol. The molecule has 0 saturated carbocycles. The van der Waals surface area contributed by atoms with Gasteiger partial charge in [0, 0.05) is 16.7 Å². The SMILES string of the molecule is O=c1ccc(Br)cn1Cc1ccsc1. The zero-order chi connectivity index (χ0) is 9.97. The van der Waals surface area contributed by atoms with E-state index in [1.54, 1.807) is 34.2 Å². The third-order valence-corrected chi connectivity index (χ3v) is 3.08. The molecule has 2 heterocycles. The van der Waals surface area contributed by atoms with Gasteiger partial charge in [-0.05, 0) is 44.4 Å². The van der Waals surface area contributed by atoms with Crippen molar-refractivity contribution >= 4 is 27.3 Å². The quantitative estimate of drug-likeness (QED) is 0.822. The smallest absolute Gasteiger partial charge is 0.250 e. The molecule has 4 heteroatoms. The molecule has 2 aromatic rings. The first-order valence-corrected chi connectivity index (χ1v) is 5.86. The maximum absolute atomic E-state index is 11.4. The van der Waals surface area contributed by atoms with Crippen LogP contribution in [-0.4, -0.2) is 4.57 Å². The fraction of sp³-hybridized carbons (Fsp3) is 0.100. The Balaban J connectivity index is 2.33. The van der Waals surface area contributed by atoms with E-state index in [0.29, 0.717) is 6.54 Å². The van der Waals surface area contributed by atoms with Gasteiger partial charge in [0.15, 0.2) is 0 Å². The maximum Gasteiger partial charge on any atom is 0.250 e. The highest BCUT2D eigenvalue weighted by atomic mass is 79.9. The van der Waals surface area contributed by atoms with Crippen molar-refractivity contribution in [2.75, 3.05) is 0 Å². The summed E-state index contributed by atoms with van der Waals surface area (Å²) >= 11 is 4.99. The first kappa shape index (κ1) is 9.68. The molecule has 0 N–H and O–H groups in total. The molecule has 14 heavy (non-hydrogen) atoms. The summed E-state index contributed by atoms with van der Waals surface area (Å²) in [4.78, 5) is 11.4. The van der Waals surface area contributed by atoms with Gasteiger partial charge in [-0.2, -0.15) is 11.3 Å². The van der Waals surface area contributed by atoms with Gasteiger partial charge in [-0.3, -0.25) is 4.79 Å². The van der Waals surface area contributed by atoms with E-state index in [9.17, 15) is 4.79 Å². The summed E-state index contributed by atoms with van der Waals surface area (Å²) in [6.45, 7) is 0.641. The van der Waals surface area contributed by atoms with E-state index in [-0.39, 0.29) is 5.56 Å². The maximum atomic E-state index is 11.4. The molecule has 2 nitrogen and oxygen atoms in total. The second-order valence-corrected chi connectivity index (χ2v) is 4.64. The van der Waals surface area contributed by atoms with Crippen LogP contribution in [0.25, 0.3) is 0 Å². The zero-order valence-electron chi connectivity index (χ0n) is 7.31. The summed E-state index contributed by atoms with van der Waals surface area (Å²) in [5.74, 6) is 0. The first-order valence-electron chi connectivity index (χ1n) is 4.13. The standard InChI is InChI=1S/C10H8BrNOS/c11-9-1-2-10(13)12(6-9)5-8-3-4-14-7-8/h1-4,6-7H,5H2. The van der Waals surface area contributed by atoms with Gasteiger partial charge < -0.3 is 4.57 Å². The first-order chi connectivity index (χ1) is 6.75. The third kappa shape index (κ3) is 2.13. The van der Waals surface area contributed by atoms with E-state index in [0.717, 1.165) is 10.0 Å². The highest BCUT2D eigenvalue weighted by Gasteiger charge is 1.98. The highest BCUT2D eigenvalue weighted by molar-refractivity contribution is 9.10. The van der Waals surface area contributed by atoms with Gasteiger partial charge in [0.1, 0.15) is 0 Å². The van der Waals surface area contributed by atoms with Crippen LogP contribution in [0.5, 0.6) is 0 Å². The van der Waals surface area contributed by atoms with Crippen molar-refractivity contribution in [1.82, 2.24) is 4.57 Å². The lowest BCUT2D eigenvalue weighted by Gasteiger charge is -2.03. The number of nitrogens with zero attached hydrogens (tertiary/aromatic N) is 1. The fourth-order valence-electron chi connectivity index (χ4n) is 1.21. The van der Waals surface area contributed by atoms with Crippen LogP contribution < -0.4 is 5.56 Å². The Morgan fingerprint density at radius 1 is 1.36 bits per heavy atom. The second-order valence-electron chi connectivity index (χ2n) is 2.95. The molecule has 0 unspecified atom stereocenters. The predicted octanol–water partition coefficient (Wildman–Crippen LogP) is 2.72. The number of hydrogen-bond acceptors (Lipinski definition) is 2. The second kappa shape index (κ2) is 4.11. The van der Waals surface area contributed by atoms with Crippen molar-refractivity contribution in [2.24, 2.45) is 0 Å². The average Bonchev–Trinajstić information content (AvgIpc) is 2.64. The minimum atomic E-state index is 0.0272. The van der Waals surface area contributed by atoms with Gasteiger partial charge in [0.25, 0.3) is 5.56 Å². The summed E-state index contributed by atoms with van der Waals surface area (Å²) in [5.41, 5.74) is 1.19. The van der Waals surface area contributed by atoms with Gasteiger partial charge >= 0.3 is 0 Å². The lowest BCUT2D eigenvalue weighted by molar-refractivity contribution is 0.758. The molecule has 2 aromatic heterocycles. The number of rotatable bonds is 2. The Morgan fingerprint density at radius 3 is 2.93 bits per heavy atom. The topological polar surface area (TPSA) is 22.0 Å².